The van der Waals surface area contributed by atoms with E-state index >= 15 is 0 Å². The van der Waals surface area contributed by atoms with Crippen molar-refractivity contribution in [3.05, 3.63) is 11.6 Å². The van der Waals surface area contributed by atoms with Crippen LogP contribution < -0.4 is 11.2 Å². The molecule has 5 heteroatoms. The first-order valence-electron chi connectivity index (χ1n) is 9.84. The fourth-order valence-corrected chi connectivity index (χ4v) is 6.74. The molecule has 0 radical (unpaired) electrons. The Balaban J connectivity index is 1.62. The summed E-state index contributed by atoms with van der Waals surface area (Å²) in [5, 5.41) is 14.5. The Kier molecular flexibility index (Phi) is 3.98. The molecule has 0 aliphatic heterocycles. The van der Waals surface area contributed by atoms with E-state index in [2.05, 4.69) is 30.5 Å². The number of rotatable bonds is 1. The number of allylic oxidation sites excluding steroid dienone is 1. The van der Waals surface area contributed by atoms with Crippen LogP contribution in [0.5, 0.6) is 0 Å². The lowest BCUT2D eigenvalue weighted by Gasteiger charge is -2.57. The summed E-state index contributed by atoms with van der Waals surface area (Å²) in [5.74, 6) is 2.06. The Morgan fingerprint density at radius 2 is 1.96 bits per heavy atom. The topological polar surface area (TPSA) is 87.7 Å². The zero-order valence-corrected chi connectivity index (χ0v) is 15.4. The first-order chi connectivity index (χ1) is 11.8. The van der Waals surface area contributed by atoms with Gasteiger partial charge < -0.3 is 10.8 Å². The van der Waals surface area contributed by atoms with Gasteiger partial charge in [-0.1, -0.05) is 25.5 Å². The fourth-order valence-electron chi connectivity index (χ4n) is 6.74. The molecule has 4 aliphatic carbocycles. The molecule has 25 heavy (non-hydrogen) atoms. The molecule has 4 rings (SSSR count). The van der Waals surface area contributed by atoms with Crippen LogP contribution in [0, 0.1) is 28.6 Å². The van der Waals surface area contributed by atoms with E-state index in [0.717, 1.165) is 50.2 Å². The third-order valence-electron chi connectivity index (χ3n) is 8.12. The molecule has 0 aromatic heterocycles. The molecule has 4 aliphatic rings. The van der Waals surface area contributed by atoms with Gasteiger partial charge >= 0.3 is 6.03 Å². The van der Waals surface area contributed by atoms with Crippen LogP contribution >= 0.6 is 0 Å². The number of carbonyl (C=O) groups excluding carboxylic acids is 1. The number of hydrogen-bond donors (Lipinski definition) is 3. The van der Waals surface area contributed by atoms with Crippen molar-refractivity contribution in [2.45, 2.75) is 71.3 Å². The van der Waals surface area contributed by atoms with Crippen molar-refractivity contribution >= 4 is 11.7 Å². The molecule has 0 saturated heterocycles. The molecule has 0 aromatic carbocycles. The molecule has 138 valence electrons. The Morgan fingerprint density at radius 3 is 2.72 bits per heavy atom. The van der Waals surface area contributed by atoms with Crippen molar-refractivity contribution in [3.8, 4) is 0 Å². The second-order valence-electron chi connectivity index (χ2n) is 9.19. The second-order valence-corrected chi connectivity index (χ2v) is 9.19. The number of primary amides is 1. The quantitative estimate of drug-likeness (QED) is 0.503. The van der Waals surface area contributed by atoms with Gasteiger partial charge in [-0.25, -0.2) is 10.2 Å². The van der Waals surface area contributed by atoms with Crippen molar-refractivity contribution in [1.29, 1.82) is 0 Å². The van der Waals surface area contributed by atoms with Crippen molar-refractivity contribution in [2.75, 3.05) is 0 Å². The highest BCUT2D eigenvalue weighted by atomic mass is 16.3. The van der Waals surface area contributed by atoms with E-state index in [9.17, 15) is 9.90 Å². The van der Waals surface area contributed by atoms with E-state index < -0.39 is 6.03 Å². The molecule has 6 atom stereocenters. The summed E-state index contributed by atoms with van der Waals surface area (Å²) in [6.45, 7) is 4.79. The van der Waals surface area contributed by atoms with E-state index in [1.807, 2.05) is 0 Å². The molecule has 0 bridgehead atoms. The number of aliphatic hydroxyl groups excluding tert-OH is 1. The largest absolute Gasteiger partial charge is 0.393 e. The summed E-state index contributed by atoms with van der Waals surface area (Å²) in [6.07, 6.45) is 10.9. The molecule has 0 unspecified atom stereocenters. The highest BCUT2D eigenvalue weighted by Gasteiger charge is 2.57. The minimum atomic E-state index is -0.577. The summed E-state index contributed by atoms with van der Waals surface area (Å²) >= 11 is 0. The van der Waals surface area contributed by atoms with Crippen LogP contribution in [0.2, 0.25) is 0 Å². The molecule has 4 N–H and O–H groups in total. The predicted octanol–water partition coefficient (Wildman–Crippen LogP) is 3.33. The summed E-state index contributed by atoms with van der Waals surface area (Å²) in [4.78, 5) is 11.1. The van der Waals surface area contributed by atoms with Crippen molar-refractivity contribution in [3.63, 3.8) is 0 Å². The Labute approximate surface area is 150 Å². The van der Waals surface area contributed by atoms with E-state index in [0.29, 0.717) is 11.8 Å². The maximum atomic E-state index is 11.1. The summed E-state index contributed by atoms with van der Waals surface area (Å²) < 4.78 is 0. The highest BCUT2D eigenvalue weighted by Crippen LogP contribution is 2.64. The molecular formula is C20H31N3O2. The molecule has 0 spiro atoms. The maximum Gasteiger partial charge on any atom is 0.332 e. The van der Waals surface area contributed by atoms with Gasteiger partial charge in [0.05, 0.1) is 6.10 Å². The van der Waals surface area contributed by atoms with E-state index in [4.69, 9.17) is 5.73 Å². The molecule has 5 nitrogen and oxygen atoms in total. The fraction of sp³-hybridized carbons (Fsp3) is 0.800. The standard InChI is InChI=1S/C20H31N3O2/c1-19-9-7-13(24)11-12(19)3-4-14-15-5-6-17(22-23-18(21)25)20(15,2)10-8-16(14)19/h3,13-16,24H,4-11H2,1-2H3,(H3,21,23,25)/b22-17-/t13-,14-,15-,16-,19+,20+/m1/s1. The number of amides is 2. The summed E-state index contributed by atoms with van der Waals surface area (Å²) in [7, 11) is 0. The monoisotopic (exact) mass is 345 g/mol. The predicted molar refractivity (Wildman–Crippen MR) is 97.9 cm³/mol. The van der Waals surface area contributed by atoms with Crippen LogP contribution in [-0.2, 0) is 0 Å². The number of urea groups is 1. The van der Waals surface area contributed by atoms with Crippen LogP contribution in [0.15, 0.2) is 16.8 Å². The highest BCUT2D eigenvalue weighted by molar-refractivity contribution is 5.93. The Bertz CT molecular complexity index is 643. The zero-order chi connectivity index (χ0) is 17.8. The number of nitrogens with two attached hydrogens (primary N) is 1. The minimum Gasteiger partial charge on any atom is -0.393 e. The Morgan fingerprint density at radius 1 is 1.24 bits per heavy atom. The second kappa shape index (κ2) is 5.83. The number of aliphatic hydroxyl groups is 1. The molecule has 3 saturated carbocycles. The van der Waals surface area contributed by atoms with Crippen LogP contribution in [0.1, 0.15) is 65.2 Å². The lowest BCUT2D eigenvalue weighted by Crippen LogP contribution is -2.50. The number of hydrogen-bond acceptors (Lipinski definition) is 3. The van der Waals surface area contributed by atoms with E-state index in [1.165, 1.54) is 18.4 Å². The number of hydrazone groups is 1. The van der Waals surface area contributed by atoms with Crippen LogP contribution in [0.25, 0.3) is 0 Å². The van der Waals surface area contributed by atoms with Gasteiger partial charge in [0.25, 0.3) is 0 Å². The summed E-state index contributed by atoms with van der Waals surface area (Å²) in [5.41, 5.74) is 10.7. The van der Waals surface area contributed by atoms with Gasteiger partial charge in [-0.15, -0.1) is 0 Å². The van der Waals surface area contributed by atoms with Crippen LogP contribution in [-0.4, -0.2) is 23.0 Å². The lowest BCUT2D eigenvalue weighted by atomic mass is 9.48. The van der Waals surface area contributed by atoms with Crippen molar-refractivity contribution in [2.24, 2.45) is 39.4 Å². The number of fused-ring (bicyclic) bond motifs is 5. The average Bonchev–Trinajstić information content (AvgIpc) is 2.90. The van der Waals surface area contributed by atoms with Crippen LogP contribution in [0.3, 0.4) is 0 Å². The average molecular weight is 345 g/mol. The molecule has 3 fully saturated rings. The lowest BCUT2D eigenvalue weighted by molar-refractivity contribution is -0.0209. The van der Waals surface area contributed by atoms with E-state index in [-0.39, 0.29) is 16.9 Å². The summed E-state index contributed by atoms with van der Waals surface area (Å²) in [6, 6.07) is -0.577. The van der Waals surface area contributed by atoms with Crippen molar-refractivity contribution < 1.29 is 9.90 Å². The van der Waals surface area contributed by atoms with Gasteiger partial charge in [0.2, 0.25) is 0 Å². The SMILES string of the molecule is C[C@]12CC[C@@H](O)CC1=CC[C@H]1[C@H]2CC[C@]2(C)/C(=N\NC(N)=O)CC[C@H]12. The Hall–Kier alpha value is -1.36. The van der Waals surface area contributed by atoms with Gasteiger partial charge in [-0.3, -0.25) is 0 Å². The molecular weight excluding hydrogens is 314 g/mol. The molecule has 0 heterocycles. The number of nitrogens with one attached hydrogen (secondary N) is 1. The third-order valence-corrected chi connectivity index (χ3v) is 8.12. The zero-order valence-electron chi connectivity index (χ0n) is 15.4. The van der Waals surface area contributed by atoms with Crippen molar-refractivity contribution in [1.82, 2.24) is 5.43 Å². The van der Waals surface area contributed by atoms with Gasteiger partial charge in [-0.05, 0) is 74.5 Å². The molecule has 0 aromatic rings. The smallest absolute Gasteiger partial charge is 0.332 e. The maximum absolute atomic E-state index is 11.1. The third kappa shape index (κ3) is 2.54. The number of nitrogens with zero attached hydrogens (tertiary/aromatic N) is 1. The van der Waals surface area contributed by atoms with Gasteiger partial charge in [0.1, 0.15) is 0 Å². The van der Waals surface area contributed by atoms with E-state index in [1.54, 1.807) is 0 Å². The van der Waals surface area contributed by atoms with Crippen LogP contribution in [0.4, 0.5) is 4.79 Å². The number of carbonyl (C=O) groups is 1. The van der Waals surface area contributed by atoms with Gasteiger partial charge in [-0.2, -0.15) is 5.10 Å². The van der Waals surface area contributed by atoms with Gasteiger partial charge in [0, 0.05) is 11.1 Å². The van der Waals surface area contributed by atoms with Gasteiger partial charge in [0.15, 0.2) is 0 Å². The first kappa shape index (κ1) is 17.1. The normalized spacial score (nSPS) is 47.5. The first-order valence-corrected chi connectivity index (χ1v) is 9.84. The minimum absolute atomic E-state index is 0.0967. The molecule has 2 amide bonds.